The Morgan fingerprint density at radius 2 is 1.76 bits per heavy atom. The number of rotatable bonds is 3. The predicted octanol–water partition coefficient (Wildman–Crippen LogP) is 0.884. The molecule has 0 saturated carbocycles. The van der Waals surface area contributed by atoms with Gasteiger partial charge >= 0.3 is 0 Å². The summed E-state index contributed by atoms with van der Waals surface area (Å²) in [6, 6.07) is 5.04. The second-order valence-electron chi connectivity index (χ2n) is 4.75. The Kier molecular flexibility index (Phi) is 5.11. The molecule has 2 N–H and O–H groups in total. The number of amides is 1. The van der Waals surface area contributed by atoms with Crippen molar-refractivity contribution < 1.29 is 13.2 Å². The minimum atomic E-state index is -3.68. The highest BCUT2D eigenvalue weighted by atomic mass is 35.5. The number of nitrogens with two attached hydrogens (primary N) is 1. The van der Waals surface area contributed by atoms with Crippen molar-refractivity contribution in [2.75, 3.05) is 26.2 Å². The van der Waals surface area contributed by atoms with Gasteiger partial charge in [-0.15, -0.1) is 0 Å². The Balaban J connectivity index is 1.95. The molecule has 1 aliphatic rings. The average Bonchev–Trinajstić information content (AvgIpc) is 2.42. The Hall–Kier alpha value is -0.860. The molecule has 2 rings (SSSR count). The zero-order chi connectivity index (χ0) is 15.6. The molecule has 0 bridgehead atoms. The number of carbonyl (C=O) groups excluding carboxylic acids is 1. The minimum Gasteiger partial charge on any atom is -0.340 e. The molecule has 0 spiro atoms. The molecule has 9 heteroatoms. The summed E-state index contributed by atoms with van der Waals surface area (Å²) < 4.78 is 23.6. The van der Waals surface area contributed by atoms with Crippen LogP contribution in [0.15, 0.2) is 18.2 Å². The highest BCUT2D eigenvalue weighted by molar-refractivity contribution is 7.86. The fourth-order valence-corrected chi connectivity index (χ4v) is 3.12. The van der Waals surface area contributed by atoms with E-state index in [4.69, 9.17) is 28.3 Å². The average molecular weight is 352 g/mol. The van der Waals surface area contributed by atoms with E-state index in [9.17, 15) is 13.2 Å². The molecule has 0 unspecified atom stereocenters. The normalized spacial score (nSPS) is 17.0. The lowest BCUT2D eigenvalue weighted by Crippen LogP contribution is -2.52. The Labute approximate surface area is 133 Å². The first-order valence-electron chi connectivity index (χ1n) is 6.27. The van der Waals surface area contributed by atoms with Gasteiger partial charge in [-0.1, -0.05) is 29.3 Å². The van der Waals surface area contributed by atoms with Crippen molar-refractivity contribution in [3.8, 4) is 0 Å². The van der Waals surface area contributed by atoms with Gasteiger partial charge in [0.25, 0.3) is 10.2 Å². The number of benzene rings is 1. The van der Waals surface area contributed by atoms with Gasteiger partial charge in [0.1, 0.15) is 0 Å². The Bertz CT molecular complexity index is 643. The molecule has 1 aromatic carbocycles. The monoisotopic (exact) mass is 351 g/mol. The van der Waals surface area contributed by atoms with Gasteiger partial charge in [0.15, 0.2) is 0 Å². The van der Waals surface area contributed by atoms with E-state index in [2.05, 4.69) is 0 Å². The molecule has 1 amide bonds. The summed E-state index contributed by atoms with van der Waals surface area (Å²) in [5, 5.41) is 5.90. The van der Waals surface area contributed by atoms with Crippen molar-refractivity contribution >= 4 is 39.3 Å². The van der Waals surface area contributed by atoms with E-state index in [-0.39, 0.29) is 25.4 Å². The zero-order valence-corrected chi connectivity index (χ0v) is 13.5. The Morgan fingerprint density at radius 1 is 1.14 bits per heavy atom. The SMILES string of the molecule is NS(=O)(=O)N1CCN(C(=O)Cc2ccc(Cl)c(Cl)c2)CC1. The van der Waals surface area contributed by atoms with Crippen LogP contribution in [-0.4, -0.2) is 49.7 Å². The fourth-order valence-electron chi connectivity index (χ4n) is 2.13. The summed E-state index contributed by atoms with van der Waals surface area (Å²) in [4.78, 5) is 13.8. The van der Waals surface area contributed by atoms with E-state index in [1.807, 2.05) is 0 Å². The van der Waals surface area contributed by atoms with Crippen LogP contribution < -0.4 is 5.14 Å². The van der Waals surface area contributed by atoms with E-state index in [1.165, 1.54) is 0 Å². The number of halogens is 2. The molecule has 6 nitrogen and oxygen atoms in total. The number of carbonyl (C=O) groups is 1. The first-order chi connectivity index (χ1) is 9.77. The molecular weight excluding hydrogens is 337 g/mol. The van der Waals surface area contributed by atoms with Crippen LogP contribution in [0.5, 0.6) is 0 Å². The molecule has 116 valence electrons. The number of hydrogen-bond acceptors (Lipinski definition) is 3. The highest BCUT2D eigenvalue weighted by Crippen LogP contribution is 2.23. The molecule has 0 atom stereocenters. The highest BCUT2D eigenvalue weighted by Gasteiger charge is 2.26. The van der Waals surface area contributed by atoms with Crippen molar-refractivity contribution in [1.29, 1.82) is 0 Å². The summed E-state index contributed by atoms with van der Waals surface area (Å²) >= 11 is 11.7. The third-order valence-electron chi connectivity index (χ3n) is 3.29. The Morgan fingerprint density at radius 3 is 2.29 bits per heavy atom. The molecule has 0 aliphatic carbocycles. The van der Waals surface area contributed by atoms with Crippen molar-refractivity contribution in [2.24, 2.45) is 5.14 Å². The topological polar surface area (TPSA) is 83.7 Å². The number of hydrogen-bond donors (Lipinski definition) is 1. The maximum absolute atomic E-state index is 12.2. The first kappa shape index (κ1) is 16.5. The van der Waals surface area contributed by atoms with Gasteiger partial charge in [-0.3, -0.25) is 4.79 Å². The molecule has 1 aliphatic heterocycles. The molecule has 1 aromatic rings. The molecule has 21 heavy (non-hydrogen) atoms. The molecule has 0 aromatic heterocycles. The number of piperazine rings is 1. The summed E-state index contributed by atoms with van der Waals surface area (Å²) in [6.07, 6.45) is 0.201. The van der Waals surface area contributed by atoms with Crippen LogP contribution >= 0.6 is 23.2 Å². The van der Waals surface area contributed by atoms with E-state index >= 15 is 0 Å². The third kappa shape index (κ3) is 4.31. The van der Waals surface area contributed by atoms with Gasteiger partial charge in [-0.05, 0) is 17.7 Å². The van der Waals surface area contributed by atoms with Crippen LogP contribution in [-0.2, 0) is 21.4 Å². The van der Waals surface area contributed by atoms with E-state index in [1.54, 1.807) is 23.1 Å². The van der Waals surface area contributed by atoms with E-state index in [0.717, 1.165) is 9.87 Å². The van der Waals surface area contributed by atoms with Crippen LogP contribution in [0, 0.1) is 0 Å². The zero-order valence-electron chi connectivity index (χ0n) is 11.1. The van der Waals surface area contributed by atoms with Crippen molar-refractivity contribution in [2.45, 2.75) is 6.42 Å². The van der Waals surface area contributed by atoms with Crippen molar-refractivity contribution in [3.63, 3.8) is 0 Å². The van der Waals surface area contributed by atoms with Crippen molar-refractivity contribution in [3.05, 3.63) is 33.8 Å². The van der Waals surface area contributed by atoms with Gasteiger partial charge in [0, 0.05) is 26.2 Å². The van der Waals surface area contributed by atoms with Gasteiger partial charge in [0.2, 0.25) is 5.91 Å². The van der Waals surface area contributed by atoms with Crippen molar-refractivity contribution in [1.82, 2.24) is 9.21 Å². The molecule has 0 radical (unpaired) electrons. The second kappa shape index (κ2) is 6.50. The van der Waals surface area contributed by atoms with Gasteiger partial charge in [0.05, 0.1) is 16.5 Å². The second-order valence-corrected chi connectivity index (χ2v) is 7.11. The van der Waals surface area contributed by atoms with Gasteiger partial charge < -0.3 is 4.90 Å². The maximum Gasteiger partial charge on any atom is 0.277 e. The fraction of sp³-hybridized carbons (Fsp3) is 0.417. The minimum absolute atomic E-state index is 0.0811. The molecule has 1 saturated heterocycles. The standard InChI is InChI=1S/C12H15Cl2N3O3S/c13-10-2-1-9(7-11(10)14)8-12(18)16-3-5-17(6-4-16)21(15,19)20/h1-2,7H,3-6,8H2,(H2,15,19,20). The van der Waals surface area contributed by atoms with Crippen LogP contribution in [0.2, 0.25) is 10.0 Å². The van der Waals surface area contributed by atoms with Crippen LogP contribution in [0.1, 0.15) is 5.56 Å². The largest absolute Gasteiger partial charge is 0.340 e. The molecule has 1 heterocycles. The lowest BCUT2D eigenvalue weighted by molar-refractivity contribution is -0.131. The summed E-state index contributed by atoms with van der Waals surface area (Å²) in [5.74, 6) is -0.0811. The van der Waals surface area contributed by atoms with Crippen LogP contribution in [0.25, 0.3) is 0 Å². The molecular formula is C12H15Cl2N3O3S. The quantitative estimate of drug-likeness (QED) is 0.877. The summed E-state index contributed by atoms with van der Waals surface area (Å²) in [7, 11) is -3.68. The smallest absolute Gasteiger partial charge is 0.277 e. The summed E-state index contributed by atoms with van der Waals surface area (Å²) in [6.45, 7) is 1.09. The first-order valence-corrected chi connectivity index (χ1v) is 8.53. The van der Waals surface area contributed by atoms with E-state index < -0.39 is 10.2 Å². The van der Waals surface area contributed by atoms with Gasteiger partial charge in [-0.2, -0.15) is 12.7 Å². The lowest BCUT2D eigenvalue weighted by Gasteiger charge is -2.33. The maximum atomic E-state index is 12.2. The van der Waals surface area contributed by atoms with Crippen LogP contribution in [0.3, 0.4) is 0 Å². The predicted molar refractivity (Wildman–Crippen MR) is 81.4 cm³/mol. The molecule has 1 fully saturated rings. The van der Waals surface area contributed by atoms with Gasteiger partial charge in [-0.25, -0.2) is 5.14 Å². The van der Waals surface area contributed by atoms with Crippen LogP contribution in [0.4, 0.5) is 0 Å². The number of nitrogens with zero attached hydrogens (tertiary/aromatic N) is 2. The van der Waals surface area contributed by atoms with E-state index in [0.29, 0.717) is 23.1 Å². The summed E-state index contributed by atoms with van der Waals surface area (Å²) in [5.41, 5.74) is 0.767. The lowest BCUT2D eigenvalue weighted by atomic mass is 10.1. The third-order valence-corrected chi connectivity index (χ3v) is 5.11.